The van der Waals surface area contributed by atoms with Crippen molar-refractivity contribution in [2.45, 2.75) is 45.3 Å². The van der Waals surface area contributed by atoms with E-state index in [0.717, 1.165) is 18.2 Å². The lowest BCUT2D eigenvalue weighted by atomic mass is 10.0. The second kappa shape index (κ2) is 10.9. The van der Waals surface area contributed by atoms with Gasteiger partial charge >= 0.3 is 12.1 Å². The highest BCUT2D eigenvalue weighted by Crippen LogP contribution is 2.26. The Morgan fingerprint density at radius 3 is 2.30 bits per heavy atom. The van der Waals surface area contributed by atoms with E-state index in [2.05, 4.69) is 10.4 Å². The lowest BCUT2D eigenvalue weighted by Crippen LogP contribution is -2.55. The number of nitrogens with zero attached hydrogens (tertiary/aromatic N) is 3. The number of ether oxygens (including phenoxy) is 2. The van der Waals surface area contributed by atoms with Crippen LogP contribution < -0.4 is 10.4 Å². The van der Waals surface area contributed by atoms with E-state index in [1.807, 2.05) is 0 Å². The Balaban J connectivity index is 1.92. The number of nitrogens with one attached hydrogen (secondary N) is 1. The zero-order valence-corrected chi connectivity index (χ0v) is 21.4. The Labute approximate surface area is 214 Å². The molecule has 0 saturated carbocycles. The van der Waals surface area contributed by atoms with Crippen LogP contribution in [0.15, 0.2) is 53.5 Å². The highest BCUT2D eigenvalue weighted by molar-refractivity contribution is 6.03. The summed E-state index contributed by atoms with van der Waals surface area (Å²) in [6.45, 7) is 6.11. The van der Waals surface area contributed by atoms with Gasteiger partial charge in [-0.05, 0) is 57.5 Å². The molecule has 198 valence electrons. The minimum atomic E-state index is -1.50. The van der Waals surface area contributed by atoms with Gasteiger partial charge in [-0.1, -0.05) is 18.2 Å². The van der Waals surface area contributed by atoms with Gasteiger partial charge in [-0.25, -0.2) is 13.6 Å². The van der Waals surface area contributed by atoms with Crippen molar-refractivity contribution in [1.29, 1.82) is 0 Å². The van der Waals surface area contributed by atoms with Gasteiger partial charge in [-0.15, -0.1) is 0 Å². The number of carbonyl (C=O) groups excluding carboxylic acids is 3. The monoisotopic (exact) mass is 516 g/mol. The minimum Gasteiger partial charge on any atom is -0.468 e. The molecule has 3 rings (SSSR count). The fraction of sp³-hybridized carbons (Fsp3) is 0.385. The molecule has 0 spiro atoms. The maximum atomic E-state index is 13.8. The number of amides is 2. The molecule has 0 fully saturated rings. The number of halogens is 2. The summed E-state index contributed by atoms with van der Waals surface area (Å²) >= 11 is 0. The van der Waals surface area contributed by atoms with E-state index in [-0.39, 0.29) is 30.9 Å². The summed E-state index contributed by atoms with van der Waals surface area (Å²) in [7, 11) is 1.23. The Morgan fingerprint density at radius 2 is 1.73 bits per heavy atom. The number of anilines is 1. The van der Waals surface area contributed by atoms with Crippen molar-refractivity contribution in [3.63, 3.8) is 0 Å². The molecule has 0 aliphatic carbocycles. The molecule has 1 heterocycles. The van der Waals surface area contributed by atoms with Crippen molar-refractivity contribution in [1.82, 2.24) is 10.3 Å². The fourth-order valence-corrected chi connectivity index (χ4v) is 3.66. The third kappa shape index (κ3) is 7.25. The van der Waals surface area contributed by atoms with Crippen molar-refractivity contribution < 1.29 is 32.6 Å². The maximum absolute atomic E-state index is 13.8. The van der Waals surface area contributed by atoms with E-state index in [4.69, 9.17) is 9.47 Å². The third-order valence-electron chi connectivity index (χ3n) is 5.36. The second-order valence-corrected chi connectivity index (χ2v) is 9.76. The average Bonchev–Trinajstić information content (AvgIpc) is 3.14. The summed E-state index contributed by atoms with van der Waals surface area (Å²) in [6, 6.07) is 11.6. The van der Waals surface area contributed by atoms with Gasteiger partial charge in [0.25, 0.3) is 5.91 Å². The van der Waals surface area contributed by atoms with Crippen LogP contribution >= 0.6 is 0 Å². The first-order valence-corrected chi connectivity index (χ1v) is 11.5. The van der Waals surface area contributed by atoms with Crippen LogP contribution in [0.4, 0.5) is 19.3 Å². The molecule has 1 atom stereocenters. The number of hydrogen-bond acceptors (Lipinski definition) is 7. The number of carbonyl (C=O) groups is 3. The lowest BCUT2D eigenvalue weighted by Gasteiger charge is -2.29. The molecule has 1 aliphatic rings. The number of hydrogen-bond donors (Lipinski definition) is 1. The van der Waals surface area contributed by atoms with E-state index >= 15 is 0 Å². The summed E-state index contributed by atoms with van der Waals surface area (Å²) in [4.78, 5) is 44.1. The van der Waals surface area contributed by atoms with Crippen LogP contribution in [0.3, 0.4) is 0 Å². The number of amidine groups is 1. The Kier molecular flexibility index (Phi) is 8.15. The van der Waals surface area contributed by atoms with Gasteiger partial charge in [0.1, 0.15) is 29.6 Å². The molecule has 9 nitrogen and oxygen atoms in total. The van der Waals surface area contributed by atoms with Crippen LogP contribution in [-0.4, -0.2) is 60.0 Å². The number of hydrazine groups is 1. The van der Waals surface area contributed by atoms with Gasteiger partial charge in [0.15, 0.2) is 5.54 Å². The largest absolute Gasteiger partial charge is 0.468 e. The van der Waals surface area contributed by atoms with Crippen LogP contribution in [0, 0.1) is 11.6 Å². The number of esters is 1. The van der Waals surface area contributed by atoms with Gasteiger partial charge in [0, 0.05) is 12.5 Å². The first kappa shape index (κ1) is 27.6. The minimum absolute atomic E-state index is 0.108. The molecule has 11 heteroatoms. The standard InChI is InChI=1S/C26H30F2N4O5/c1-25(2,3)37-24(35)31-16-26(4,29-21(31)13-17-11-18(27)14-19(28)12-17)23(34)30-32(15-22(33)36-5)20-9-7-6-8-10-20/h6-12,14H,13,15-16H2,1-5H3,(H,30,34). The number of para-hydroxylation sites is 1. The number of rotatable bonds is 7. The molecule has 0 bridgehead atoms. The SMILES string of the molecule is COC(=O)CN(NC(=O)C1(C)CN(C(=O)OC(C)(C)C)C(Cc2cc(F)cc(F)c2)=N1)c1ccccc1. The maximum Gasteiger partial charge on any atom is 0.415 e. The molecule has 37 heavy (non-hydrogen) atoms. The highest BCUT2D eigenvalue weighted by Gasteiger charge is 2.45. The predicted octanol–water partition coefficient (Wildman–Crippen LogP) is 3.63. The summed E-state index contributed by atoms with van der Waals surface area (Å²) in [5.74, 6) is -2.66. The van der Waals surface area contributed by atoms with E-state index in [0.29, 0.717) is 5.69 Å². The first-order chi connectivity index (χ1) is 17.3. The van der Waals surface area contributed by atoms with E-state index in [9.17, 15) is 23.2 Å². The molecular formula is C26H30F2N4O5. The molecule has 1 N–H and O–H groups in total. The number of methoxy groups -OCH3 is 1. The van der Waals surface area contributed by atoms with Gasteiger partial charge in [-0.2, -0.15) is 0 Å². The average molecular weight is 517 g/mol. The van der Waals surface area contributed by atoms with Gasteiger partial charge in [-0.3, -0.25) is 29.9 Å². The molecule has 0 radical (unpaired) electrons. The van der Waals surface area contributed by atoms with E-state index in [1.54, 1.807) is 51.1 Å². The van der Waals surface area contributed by atoms with Crippen LogP contribution in [0.25, 0.3) is 0 Å². The molecule has 2 aromatic rings. The molecule has 0 saturated heterocycles. The Hall–Kier alpha value is -4.02. The van der Waals surface area contributed by atoms with Crippen LogP contribution in [-0.2, 0) is 25.5 Å². The predicted molar refractivity (Wildman–Crippen MR) is 133 cm³/mol. The third-order valence-corrected chi connectivity index (χ3v) is 5.36. The first-order valence-electron chi connectivity index (χ1n) is 11.5. The van der Waals surface area contributed by atoms with Gasteiger partial charge in [0.05, 0.1) is 19.3 Å². The summed E-state index contributed by atoms with van der Waals surface area (Å²) in [5.41, 5.74) is 1.09. The lowest BCUT2D eigenvalue weighted by molar-refractivity contribution is -0.139. The highest BCUT2D eigenvalue weighted by atomic mass is 19.1. The van der Waals surface area contributed by atoms with Crippen LogP contribution in [0.1, 0.15) is 33.3 Å². The van der Waals surface area contributed by atoms with E-state index < -0.39 is 40.7 Å². The Morgan fingerprint density at radius 1 is 1.11 bits per heavy atom. The summed E-state index contributed by atoms with van der Waals surface area (Å²) in [6.07, 6.45) is -0.879. The van der Waals surface area contributed by atoms with Crippen molar-refractivity contribution in [3.8, 4) is 0 Å². The normalized spacial score (nSPS) is 17.2. The number of aliphatic imine (C=N–C) groups is 1. The van der Waals surface area contributed by atoms with Crippen molar-refractivity contribution >= 4 is 29.5 Å². The van der Waals surface area contributed by atoms with Gasteiger partial charge in [0.2, 0.25) is 0 Å². The van der Waals surface area contributed by atoms with Crippen molar-refractivity contribution in [3.05, 3.63) is 65.7 Å². The number of benzene rings is 2. The Bertz CT molecular complexity index is 1180. The van der Waals surface area contributed by atoms with E-state index in [1.165, 1.54) is 23.9 Å². The summed E-state index contributed by atoms with van der Waals surface area (Å²) < 4.78 is 37.8. The smallest absolute Gasteiger partial charge is 0.415 e. The van der Waals surface area contributed by atoms with Crippen LogP contribution in [0.5, 0.6) is 0 Å². The molecule has 1 unspecified atom stereocenters. The van der Waals surface area contributed by atoms with Crippen molar-refractivity contribution in [2.75, 3.05) is 25.2 Å². The molecule has 0 aromatic heterocycles. The van der Waals surface area contributed by atoms with Gasteiger partial charge < -0.3 is 9.47 Å². The van der Waals surface area contributed by atoms with Crippen molar-refractivity contribution in [2.24, 2.45) is 4.99 Å². The molecule has 2 amide bonds. The zero-order valence-electron chi connectivity index (χ0n) is 21.4. The molecule has 2 aromatic carbocycles. The molecular weight excluding hydrogens is 486 g/mol. The fourth-order valence-electron chi connectivity index (χ4n) is 3.66. The zero-order chi connectivity index (χ0) is 27.4. The molecule has 1 aliphatic heterocycles. The quantitative estimate of drug-likeness (QED) is 0.446. The summed E-state index contributed by atoms with van der Waals surface area (Å²) in [5, 5.41) is 1.31. The topological polar surface area (TPSA) is 101 Å². The van der Waals surface area contributed by atoms with Crippen LogP contribution in [0.2, 0.25) is 0 Å². The second-order valence-electron chi connectivity index (χ2n) is 9.76.